The zero-order valence-electron chi connectivity index (χ0n) is 10.8. The van der Waals surface area contributed by atoms with Crippen LogP contribution in [-0.2, 0) is 14.4 Å². The summed E-state index contributed by atoms with van der Waals surface area (Å²) in [5.74, 6) is -4.40. The second-order valence-corrected chi connectivity index (χ2v) is 5.91. The largest absolute Gasteiger partial charge is 0.480 e. The third kappa shape index (κ3) is 3.08. The molecule has 0 bridgehead atoms. The molecule has 2 N–H and O–H groups in total. The SMILES string of the molecule is C[C@H](NC(=O)C1C(=O)Sc2ccc(Cl)cc2C1=O)C(=O)O. The van der Waals surface area contributed by atoms with Crippen LogP contribution in [0.15, 0.2) is 23.1 Å². The molecule has 1 heterocycles. The predicted octanol–water partition coefficient (Wildman–Crippen LogP) is 1.36. The summed E-state index contributed by atoms with van der Waals surface area (Å²) >= 11 is 6.58. The van der Waals surface area contributed by atoms with Gasteiger partial charge in [0, 0.05) is 15.5 Å². The van der Waals surface area contributed by atoms with Gasteiger partial charge in [0.1, 0.15) is 6.04 Å². The van der Waals surface area contributed by atoms with Crippen LogP contribution in [-0.4, -0.2) is 33.9 Å². The summed E-state index contributed by atoms with van der Waals surface area (Å²) in [7, 11) is 0. The van der Waals surface area contributed by atoms with Crippen LogP contribution in [0.2, 0.25) is 5.02 Å². The van der Waals surface area contributed by atoms with Gasteiger partial charge in [-0.25, -0.2) is 0 Å². The molecule has 0 aliphatic carbocycles. The van der Waals surface area contributed by atoms with Crippen molar-refractivity contribution in [2.45, 2.75) is 17.9 Å². The molecule has 1 aliphatic rings. The Morgan fingerprint density at radius 3 is 2.67 bits per heavy atom. The minimum atomic E-state index is -1.55. The van der Waals surface area contributed by atoms with Gasteiger partial charge in [-0.15, -0.1) is 0 Å². The minimum Gasteiger partial charge on any atom is -0.480 e. The van der Waals surface area contributed by atoms with Gasteiger partial charge in [-0.3, -0.25) is 19.2 Å². The Morgan fingerprint density at radius 1 is 1.38 bits per heavy atom. The van der Waals surface area contributed by atoms with Crippen molar-refractivity contribution >= 4 is 46.1 Å². The first-order chi connectivity index (χ1) is 9.81. The Labute approximate surface area is 128 Å². The lowest BCUT2D eigenvalue weighted by molar-refractivity contribution is -0.142. The maximum Gasteiger partial charge on any atom is 0.325 e. The fourth-order valence-corrected chi connectivity index (χ4v) is 2.92. The van der Waals surface area contributed by atoms with E-state index in [9.17, 15) is 19.2 Å². The monoisotopic (exact) mass is 327 g/mol. The summed E-state index contributed by atoms with van der Waals surface area (Å²) in [6.45, 7) is 1.25. The molecule has 8 heteroatoms. The van der Waals surface area contributed by atoms with E-state index in [0.717, 1.165) is 11.8 Å². The van der Waals surface area contributed by atoms with Crippen LogP contribution in [0.25, 0.3) is 0 Å². The third-order valence-corrected chi connectivity index (χ3v) is 4.15. The van der Waals surface area contributed by atoms with E-state index in [1.807, 2.05) is 0 Å². The standard InChI is InChI=1S/C13H10ClNO5S/c1-5(12(18)19)15-11(17)9-10(16)7-4-6(14)2-3-8(7)21-13(9)20/h2-5,9H,1H3,(H,15,17)(H,18,19)/t5-,9?/m0/s1. The molecule has 0 saturated heterocycles. The Kier molecular flexibility index (Phi) is 4.34. The first-order valence-electron chi connectivity index (χ1n) is 5.90. The number of carbonyl (C=O) groups is 4. The summed E-state index contributed by atoms with van der Waals surface area (Å²) < 4.78 is 0. The molecule has 21 heavy (non-hydrogen) atoms. The molecule has 0 saturated carbocycles. The molecule has 2 atom stereocenters. The number of carboxylic acid groups (broad SMARTS) is 1. The molecule has 110 valence electrons. The Bertz CT molecular complexity index is 660. The van der Waals surface area contributed by atoms with Gasteiger partial charge in [0.2, 0.25) is 11.0 Å². The Morgan fingerprint density at radius 2 is 2.05 bits per heavy atom. The fraction of sp³-hybridized carbons (Fsp3) is 0.231. The van der Waals surface area contributed by atoms with Gasteiger partial charge >= 0.3 is 5.97 Å². The van der Waals surface area contributed by atoms with Crippen LogP contribution in [0.3, 0.4) is 0 Å². The van der Waals surface area contributed by atoms with E-state index >= 15 is 0 Å². The number of ketones is 1. The highest BCUT2D eigenvalue weighted by Crippen LogP contribution is 2.35. The molecule has 1 aromatic carbocycles. The van der Waals surface area contributed by atoms with E-state index in [-0.39, 0.29) is 5.56 Å². The van der Waals surface area contributed by atoms with Crippen LogP contribution in [0.1, 0.15) is 17.3 Å². The first kappa shape index (κ1) is 15.5. The van der Waals surface area contributed by atoms with Crippen molar-refractivity contribution in [1.29, 1.82) is 0 Å². The van der Waals surface area contributed by atoms with Gasteiger partial charge in [0.05, 0.1) is 0 Å². The van der Waals surface area contributed by atoms with Gasteiger partial charge in [-0.1, -0.05) is 11.6 Å². The average molecular weight is 328 g/mol. The summed E-state index contributed by atoms with van der Waals surface area (Å²) in [5.41, 5.74) is 0.190. The molecule has 1 amide bonds. The van der Waals surface area contributed by atoms with E-state index in [1.165, 1.54) is 19.1 Å². The van der Waals surface area contributed by atoms with Crippen LogP contribution in [0.5, 0.6) is 0 Å². The highest BCUT2D eigenvalue weighted by Gasteiger charge is 2.41. The van der Waals surface area contributed by atoms with Crippen molar-refractivity contribution in [2.24, 2.45) is 5.92 Å². The van der Waals surface area contributed by atoms with Gasteiger partial charge in [-0.2, -0.15) is 0 Å². The first-order valence-corrected chi connectivity index (χ1v) is 7.09. The van der Waals surface area contributed by atoms with Gasteiger partial charge in [-0.05, 0) is 36.9 Å². The molecule has 1 aromatic rings. The van der Waals surface area contributed by atoms with E-state index in [0.29, 0.717) is 9.92 Å². The lowest BCUT2D eigenvalue weighted by atomic mass is 9.97. The average Bonchev–Trinajstić information content (AvgIpc) is 2.39. The lowest BCUT2D eigenvalue weighted by Crippen LogP contribution is -2.46. The number of Topliss-reactive ketones (excluding diaryl/α,β-unsaturated/α-hetero) is 1. The number of benzene rings is 1. The van der Waals surface area contributed by atoms with Crippen LogP contribution in [0, 0.1) is 5.92 Å². The molecule has 0 spiro atoms. The second kappa shape index (κ2) is 5.87. The number of halogens is 1. The van der Waals surface area contributed by atoms with Crippen molar-refractivity contribution < 1.29 is 24.3 Å². The smallest absolute Gasteiger partial charge is 0.325 e. The maximum atomic E-state index is 12.3. The number of hydrogen-bond acceptors (Lipinski definition) is 5. The second-order valence-electron chi connectivity index (χ2n) is 4.43. The molecule has 2 rings (SSSR count). The number of carboxylic acids is 1. The van der Waals surface area contributed by atoms with Crippen molar-refractivity contribution in [3.05, 3.63) is 28.8 Å². The van der Waals surface area contributed by atoms with Gasteiger partial charge in [0.25, 0.3) is 0 Å². The topological polar surface area (TPSA) is 101 Å². The third-order valence-electron chi connectivity index (χ3n) is 2.91. The van der Waals surface area contributed by atoms with E-state index in [2.05, 4.69) is 5.32 Å². The molecule has 0 radical (unpaired) electrons. The number of hydrogen-bond donors (Lipinski definition) is 2. The molecule has 6 nitrogen and oxygen atoms in total. The zero-order chi connectivity index (χ0) is 15.7. The van der Waals surface area contributed by atoms with Crippen LogP contribution < -0.4 is 5.32 Å². The number of thioether (sulfide) groups is 1. The molecule has 1 unspecified atom stereocenters. The molecule has 0 aromatic heterocycles. The number of nitrogens with one attached hydrogen (secondary N) is 1. The number of fused-ring (bicyclic) bond motifs is 1. The number of amides is 1. The van der Waals surface area contributed by atoms with E-state index in [1.54, 1.807) is 6.07 Å². The molecular formula is C13H10ClNO5S. The summed E-state index contributed by atoms with van der Waals surface area (Å²) in [6.07, 6.45) is 0. The predicted molar refractivity (Wildman–Crippen MR) is 75.4 cm³/mol. The van der Waals surface area contributed by atoms with Gasteiger partial charge in [0.15, 0.2) is 11.7 Å². The van der Waals surface area contributed by atoms with E-state index < -0.39 is 34.7 Å². The van der Waals surface area contributed by atoms with E-state index in [4.69, 9.17) is 16.7 Å². The zero-order valence-corrected chi connectivity index (χ0v) is 12.3. The normalized spacial score (nSPS) is 18.9. The van der Waals surface area contributed by atoms with Crippen molar-refractivity contribution in [1.82, 2.24) is 5.32 Å². The molecule has 1 aliphatic heterocycles. The Balaban J connectivity index is 2.29. The lowest BCUT2D eigenvalue weighted by Gasteiger charge is -2.21. The number of rotatable bonds is 3. The number of aliphatic carboxylic acids is 1. The Hall–Kier alpha value is -1.86. The number of carbonyl (C=O) groups excluding carboxylic acids is 3. The van der Waals surface area contributed by atoms with Crippen molar-refractivity contribution in [3.63, 3.8) is 0 Å². The van der Waals surface area contributed by atoms with Crippen LogP contribution >= 0.6 is 23.4 Å². The quantitative estimate of drug-likeness (QED) is 0.813. The summed E-state index contributed by atoms with van der Waals surface area (Å²) in [5, 5.41) is 10.6. The van der Waals surface area contributed by atoms with Crippen molar-refractivity contribution in [2.75, 3.05) is 0 Å². The molecule has 0 fully saturated rings. The van der Waals surface area contributed by atoms with Crippen molar-refractivity contribution in [3.8, 4) is 0 Å². The summed E-state index contributed by atoms with van der Waals surface area (Å²) in [4.78, 5) is 47.3. The summed E-state index contributed by atoms with van der Waals surface area (Å²) in [6, 6.07) is 3.27. The molecular weight excluding hydrogens is 318 g/mol. The maximum absolute atomic E-state index is 12.3. The fourth-order valence-electron chi connectivity index (χ4n) is 1.80. The highest BCUT2D eigenvalue weighted by molar-refractivity contribution is 8.14. The minimum absolute atomic E-state index is 0.190. The highest BCUT2D eigenvalue weighted by atomic mass is 35.5. The van der Waals surface area contributed by atoms with Crippen LogP contribution in [0.4, 0.5) is 0 Å². The van der Waals surface area contributed by atoms with Gasteiger partial charge < -0.3 is 10.4 Å².